The maximum atomic E-state index is 13.2. The monoisotopic (exact) mass is 322 g/mol. The van der Waals surface area contributed by atoms with Crippen molar-refractivity contribution in [3.05, 3.63) is 63.9 Å². The molecule has 0 radical (unpaired) electrons. The molecule has 0 unspecified atom stereocenters. The molecule has 0 saturated heterocycles. The first-order valence-electron chi connectivity index (χ1n) is 6.04. The number of hydrogen-bond donors (Lipinski definition) is 1. The standard InChI is InChI=1S/C15H16BrFN2/c1-19(10-11-3-2-4-14(17)7-11)15-6-5-13(16)8-12(15)9-18/h2-8H,9-10,18H2,1H3. The number of halogens is 2. The van der Waals surface area contributed by atoms with Gasteiger partial charge in [-0.1, -0.05) is 28.1 Å². The maximum Gasteiger partial charge on any atom is 0.123 e. The maximum absolute atomic E-state index is 13.2. The van der Waals surface area contributed by atoms with E-state index in [4.69, 9.17) is 5.73 Å². The smallest absolute Gasteiger partial charge is 0.123 e. The van der Waals surface area contributed by atoms with Gasteiger partial charge < -0.3 is 10.6 Å². The number of nitrogens with zero attached hydrogens (tertiary/aromatic N) is 1. The van der Waals surface area contributed by atoms with E-state index in [9.17, 15) is 4.39 Å². The number of benzene rings is 2. The first kappa shape index (κ1) is 14.0. The lowest BCUT2D eigenvalue weighted by atomic mass is 10.1. The van der Waals surface area contributed by atoms with E-state index in [1.807, 2.05) is 31.3 Å². The minimum absolute atomic E-state index is 0.208. The van der Waals surface area contributed by atoms with E-state index < -0.39 is 0 Å². The fourth-order valence-corrected chi connectivity index (χ4v) is 2.49. The summed E-state index contributed by atoms with van der Waals surface area (Å²) < 4.78 is 14.2. The third-order valence-corrected chi connectivity index (χ3v) is 3.47. The zero-order chi connectivity index (χ0) is 13.8. The SMILES string of the molecule is CN(Cc1cccc(F)c1)c1ccc(Br)cc1CN. The molecule has 19 heavy (non-hydrogen) atoms. The molecule has 0 bridgehead atoms. The summed E-state index contributed by atoms with van der Waals surface area (Å²) in [7, 11) is 1.98. The van der Waals surface area contributed by atoms with Gasteiger partial charge >= 0.3 is 0 Å². The molecule has 2 aromatic carbocycles. The summed E-state index contributed by atoms with van der Waals surface area (Å²) in [6.07, 6.45) is 0. The van der Waals surface area contributed by atoms with Crippen LogP contribution in [0.3, 0.4) is 0 Å². The van der Waals surface area contributed by atoms with Crippen molar-refractivity contribution >= 4 is 21.6 Å². The van der Waals surface area contributed by atoms with Gasteiger partial charge in [0.15, 0.2) is 0 Å². The van der Waals surface area contributed by atoms with Crippen molar-refractivity contribution < 1.29 is 4.39 Å². The third kappa shape index (κ3) is 3.55. The van der Waals surface area contributed by atoms with Crippen LogP contribution in [0.5, 0.6) is 0 Å². The predicted octanol–water partition coefficient (Wildman–Crippen LogP) is 3.68. The molecule has 2 rings (SSSR count). The summed E-state index contributed by atoms with van der Waals surface area (Å²) in [5.41, 5.74) is 8.83. The third-order valence-electron chi connectivity index (χ3n) is 2.98. The lowest BCUT2D eigenvalue weighted by Gasteiger charge is -2.22. The topological polar surface area (TPSA) is 29.3 Å². The molecule has 2 N–H and O–H groups in total. The molecule has 0 fully saturated rings. The molecule has 0 heterocycles. The van der Waals surface area contributed by atoms with Gasteiger partial charge in [-0.3, -0.25) is 0 Å². The van der Waals surface area contributed by atoms with E-state index in [0.29, 0.717) is 13.1 Å². The Morgan fingerprint density at radius 3 is 2.68 bits per heavy atom. The van der Waals surface area contributed by atoms with Crippen molar-refractivity contribution in [2.75, 3.05) is 11.9 Å². The van der Waals surface area contributed by atoms with Crippen LogP contribution in [0.2, 0.25) is 0 Å². The summed E-state index contributed by atoms with van der Waals surface area (Å²) in [5, 5.41) is 0. The van der Waals surface area contributed by atoms with Crippen LogP contribution in [-0.2, 0) is 13.1 Å². The van der Waals surface area contributed by atoms with Gasteiger partial charge in [0.05, 0.1) is 0 Å². The van der Waals surface area contributed by atoms with Crippen molar-refractivity contribution in [1.29, 1.82) is 0 Å². The van der Waals surface area contributed by atoms with Crippen LogP contribution in [0.1, 0.15) is 11.1 Å². The fourth-order valence-electron chi connectivity index (χ4n) is 2.08. The Morgan fingerprint density at radius 1 is 1.21 bits per heavy atom. The molecule has 0 saturated carbocycles. The molecular weight excluding hydrogens is 307 g/mol. The highest BCUT2D eigenvalue weighted by atomic mass is 79.9. The lowest BCUT2D eigenvalue weighted by Crippen LogP contribution is -2.19. The van der Waals surface area contributed by atoms with E-state index in [2.05, 4.69) is 20.8 Å². The summed E-state index contributed by atoms with van der Waals surface area (Å²) >= 11 is 3.44. The molecule has 0 aliphatic rings. The Hall–Kier alpha value is -1.39. The van der Waals surface area contributed by atoms with E-state index in [1.165, 1.54) is 6.07 Å². The van der Waals surface area contributed by atoms with Gasteiger partial charge in [-0.15, -0.1) is 0 Å². The zero-order valence-corrected chi connectivity index (χ0v) is 12.3. The number of nitrogens with two attached hydrogens (primary N) is 1. The number of hydrogen-bond acceptors (Lipinski definition) is 2. The minimum atomic E-state index is -0.208. The second kappa shape index (κ2) is 6.17. The molecule has 4 heteroatoms. The lowest BCUT2D eigenvalue weighted by molar-refractivity contribution is 0.625. The van der Waals surface area contributed by atoms with E-state index in [0.717, 1.165) is 21.3 Å². The number of anilines is 1. The van der Waals surface area contributed by atoms with Crippen LogP contribution < -0.4 is 10.6 Å². The van der Waals surface area contributed by atoms with Gasteiger partial charge in [-0.2, -0.15) is 0 Å². The van der Waals surface area contributed by atoms with Gasteiger partial charge in [-0.25, -0.2) is 4.39 Å². The highest BCUT2D eigenvalue weighted by Crippen LogP contribution is 2.24. The average Bonchev–Trinajstić information content (AvgIpc) is 2.38. The quantitative estimate of drug-likeness (QED) is 0.930. The van der Waals surface area contributed by atoms with Crippen molar-refractivity contribution in [3.8, 4) is 0 Å². The summed E-state index contributed by atoms with van der Waals surface area (Å²) in [6, 6.07) is 12.7. The van der Waals surface area contributed by atoms with E-state index >= 15 is 0 Å². The molecule has 0 amide bonds. The molecule has 0 atom stereocenters. The van der Waals surface area contributed by atoms with Crippen LogP contribution in [0, 0.1) is 5.82 Å². The molecule has 2 nitrogen and oxygen atoms in total. The molecular formula is C15H16BrFN2. The average molecular weight is 323 g/mol. The fraction of sp³-hybridized carbons (Fsp3) is 0.200. The Bertz CT molecular complexity index is 572. The second-order valence-corrected chi connectivity index (χ2v) is 5.38. The molecule has 0 aliphatic carbocycles. The van der Waals surface area contributed by atoms with Crippen LogP contribution in [0.4, 0.5) is 10.1 Å². The predicted molar refractivity (Wildman–Crippen MR) is 80.5 cm³/mol. The second-order valence-electron chi connectivity index (χ2n) is 4.46. The van der Waals surface area contributed by atoms with E-state index in [-0.39, 0.29) is 5.82 Å². The zero-order valence-electron chi connectivity index (χ0n) is 10.7. The number of rotatable bonds is 4. The van der Waals surface area contributed by atoms with Crippen molar-refractivity contribution in [1.82, 2.24) is 0 Å². The van der Waals surface area contributed by atoms with Gasteiger partial charge in [0.2, 0.25) is 0 Å². The Balaban J connectivity index is 2.22. The van der Waals surface area contributed by atoms with E-state index in [1.54, 1.807) is 12.1 Å². The van der Waals surface area contributed by atoms with Crippen molar-refractivity contribution in [2.45, 2.75) is 13.1 Å². The first-order chi connectivity index (χ1) is 9.10. The van der Waals surface area contributed by atoms with Crippen LogP contribution in [0.15, 0.2) is 46.9 Å². The van der Waals surface area contributed by atoms with Crippen LogP contribution >= 0.6 is 15.9 Å². The molecule has 100 valence electrons. The molecule has 0 spiro atoms. The van der Waals surface area contributed by atoms with Crippen LogP contribution in [0.25, 0.3) is 0 Å². The highest BCUT2D eigenvalue weighted by Gasteiger charge is 2.08. The Kier molecular flexibility index (Phi) is 4.56. The molecule has 0 aliphatic heterocycles. The summed E-state index contributed by atoms with van der Waals surface area (Å²) in [6.45, 7) is 1.12. The van der Waals surface area contributed by atoms with Gasteiger partial charge in [-0.05, 0) is 41.5 Å². The molecule has 2 aromatic rings. The largest absolute Gasteiger partial charge is 0.370 e. The minimum Gasteiger partial charge on any atom is -0.370 e. The normalized spacial score (nSPS) is 10.5. The van der Waals surface area contributed by atoms with Crippen LogP contribution in [-0.4, -0.2) is 7.05 Å². The Morgan fingerprint density at radius 2 is 2.00 bits per heavy atom. The summed E-state index contributed by atoms with van der Waals surface area (Å²) in [5.74, 6) is -0.208. The van der Waals surface area contributed by atoms with Gasteiger partial charge in [0.1, 0.15) is 5.82 Å². The van der Waals surface area contributed by atoms with Gasteiger partial charge in [0, 0.05) is 30.3 Å². The Labute approximate surface area is 121 Å². The van der Waals surface area contributed by atoms with Gasteiger partial charge in [0.25, 0.3) is 0 Å². The molecule has 0 aromatic heterocycles. The van der Waals surface area contributed by atoms with Crippen molar-refractivity contribution in [2.24, 2.45) is 5.73 Å². The highest BCUT2D eigenvalue weighted by molar-refractivity contribution is 9.10. The first-order valence-corrected chi connectivity index (χ1v) is 6.83. The summed E-state index contributed by atoms with van der Waals surface area (Å²) in [4.78, 5) is 2.07. The van der Waals surface area contributed by atoms with Crippen molar-refractivity contribution in [3.63, 3.8) is 0 Å².